The first-order valence-corrected chi connectivity index (χ1v) is 15.4. The van der Waals surface area contributed by atoms with Crippen LogP contribution < -0.4 is 0 Å². The van der Waals surface area contributed by atoms with E-state index in [2.05, 4.69) is 137 Å². The summed E-state index contributed by atoms with van der Waals surface area (Å²) in [6.07, 6.45) is 2.33. The minimum absolute atomic E-state index is 0.00714. The Balaban J connectivity index is 1.14. The van der Waals surface area contributed by atoms with Gasteiger partial charge in [0, 0.05) is 10.8 Å². The van der Waals surface area contributed by atoms with Crippen LogP contribution in [0, 0.1) is 0 Å². The zero-order valence-electron chi connectivity index (χ0n) is 24.8. The quantitative estimate of drug-likeness (QED) is 0.206. The largest absolute Gasteiger partial charge is 0.0619 e. The van der Waals surface area contributed by atoms with E-state index in [4.69, 9.17) is 0 Å². The summed E-state index contributed by atoms with van der Waals surface area (Å²) in [7, 11) is 0. The maximum atomic E-state index is 2.48. The predicted molar refractivity (Wildman–Crippen MR) is 177 cm³/mol. The smallest absolute Gasteiger partial charge is 0.0159 e. The van der Waals surface area contributed by atoms with Gasteiger partial charge in [-0.3, -0.25) is 0 Å². The van der Waals surface area contributed by atoms with Crippen molar-refractivity contribution in [2.75, 3.05) is 0 Å². The topological polar surface area (TPSA) is 0 Å². The summed E-state index contributed by atoms with van der Waals surface area (Å²) in [4.78, 5) is 0. The van der Waals surface area contributed by atoms with Gasteiger partial charge in [-0.25, -0.2) is 0 Å². The molecule has 42 heavy (non-hydrogen) atoms. The molecule has 0 N–H and O–H groups in total. The van der Waals surface area contributed by atoms with Gasteiger partial charge in [-0.05, 0) is 120 Å². The Labute approximate surface area is 248 Å². The Kier molecular flexibility index (Phi) is 4.67. The first-order chi connectivity index (χ1) is 20.3. The molecule has 0 fully saturated rings. The molecule has 0 aliphatic heterocycles. The molecule has 3 aliphatic carbocycles. The maximum absolute atomic E-state index is 2.48. The second-order valence-corrected chi connectivity index (χ2v) is 13.7. The summed E-state index contributed by atoms with van der Waals surface area (Å²) < 4.78 is 0. The van der Waals surface area contributed by atoms with Crippen LogP contribution in [0.4, 0.5) is 0 Å². The molecule has 0 saturated carbocycles. The van der Waals surface area contributed by atoms with Gasteiger partial charge >= 0.3 is 0 Å². The zero-order valence-corrected chi connectivity index (χ0v) is 24.8. The van der Waals surface area contributed by atoms with Crippen molar-refractivity contribution in [2.45, 2.75) is 51.4 Å². The van der Waals surface area contributed by atoms with Gasteiger partial charge < -0.3 is 0 Å². The Bertz CT molecular complexity index is 2120. The highest BCUT2D eigenvalue weighted by Crippen LogP contribution is 2.53. The van der Waals surface area contributed by atoms with E-state index in [-0.39, 0.29) is 10.8 Å². The summed E-state index contributed by atoms with van der Waals surface area (Å²) in [5, 5.41) is 2.89. The molecule has 0 heterocycles. The molecule has 0 saturated heterocycles. The SMILES string of the molecule is CC1(C)c2ccccc2-c2ccc(-c3ccc4c(c3)C(C)(C)c3cc(-c5ccc6c7c(cccc57)CC6)ccc3-4)cc21. The van der Waals surface area contributed by atoms with Crippen LogP contribution in [-0.4, -0.2) is 0 Å². The summed E-state index contributed by atoms with van der Waals surface area (Å²) in [5.41, 5.74) is 19.5. The molecule has 0 radical (unpaired) electrons. The molecule has 0 aromatic heterocycles. The van der Waals surface area contributed by atoms with Crippen LogP contribution in [0.2, 0.25) is 0 Å². The van der Waals surface area contributed by atoms with Crippen molar-refractivity contribution < 1.29 is 0 Å². The third-order valence-electron chi connectivity index (χ3n) is 10.8. The lowest BCUT2D eigenvalue weighted by Gasteiger charge is -2.23. The van der Waals surface area contributed by atoms with Crippen LogP contribution in [0.3, 0.4) is 0 Å². The van der Waals surface area contributed by atoms with Gasteiger partial charge in [0.25, 0.3) is 0 Å². The molecule has 3 aliphatic rings. The number of benzene rings is 6. The van der Waals surface area contributed by atoms with Gasteiger partial charge in [0.05, 0.1) is 0 Å². The standard InChI is InChI=1S/C42H34/c1-41(2)36-11-6-5-9-31(36)32-19-15-27(22-37(32)41)28-16-20-33-34-21-17-29(24-39(34)42(3,4)38(33)23-28)30-18-14-26-13-12-25-8-7-10-35(30)40(25)26/h5-11,14-24H,12-13H2,1-4H3. The summed E-state index contributed by atoms with van der Waals surface area (Å²) in [5.74, 6) is 0. The van der Waals surface area contributed by atoms with E-state index in [0.29, 0.717) is 0 Å². The zero-order chi connectivity index (χ0) is 28.4. The molecule has 202 valence electrons. The second-order valence-electron chi connectivity index (χ2n) is 13.7. The molecule has 0 atom stereocenters. The highest BCUT2D eigenvalue weighted by Gasteiger charge is 2.37. The molecular weight excluding hydrogens is 504 g/mol. The van der Waals surface area contributed by atoms with Crippen molar-refractivity contribution in [2.24, 2.45) is 0 Å². The van der Waals surface area contributed by atoms with Crippen LogP contribution in [0.15, 0.2) is 109 Å². The van der Waals surface area contributed by atoms with E-state index in [1.165, 1.54) is 102 Å². The molecule has 0 heteroatoms. The fraction of sp³-hybridized carbons (Fsp3) is 0.190. The Morgan fingerprint density at radius 1 is 0.405 bits per heavy atom. The summed E-state index contributed by atoms with van der Waals surface area (Å²) in [6, 6.07) is 41.9. The van der Waals surface area contributed by atoms with Crippen LogP contribution in [0.25, 0.3) is 55.3 Å². The average Bonchev–Trinajstić information content (AvgIpc) is 3.61. The minimum Gasteiger partial charge on any atom is -0.0619 e. The maximum Gasteiger partial charge on any atom is 0.0159 e. The van der Waals surface area contributed by atoms with Crippen molar-refractivity contribution in [3.8, 4) is 44.5 Å². The number of hydrogen-bond donors (Lipinski definition) is 0. The van der Waals surface area contributed by atoms with E-state index in [9.17, 15) is 0 Å². The number of rotatable bonds is 2. The van der Waals surface area contributed by atoms with Crippen LogP contribution in [0.5, 0.6) is 0 Å². The fourth-order valence-electron chi connectivity index (χ4n) is 8.47. The van der Waals surface area contributed by atoms with E-state index in [1.54, 1.807) is 0 Å². The molecule has 0 spiro atoms. The van der Waals surface area contributed by atoms with Crippen molar-refractivity contribution in [3.05, 3.63) is 143 Å². The van der Waals surface area contributed by atoms with Gasteiger partial charge in [0.2, 0.25) is 0 Å². The molecule has 0 bridgehead atoms. The van der Waals surface area contributed by atoms with Crippen LogP contribution >= 0.6 is 0 Å². The first kappa shape index (κ1) is 24.2. The van der Waals surface area contributed by atoms with Gasteiger partial charge in [-0.1, -0.05) is 119 Å². The molecule has 6 aromatic carbocycles. The van der Waals surface area contributed by atoms with E-state index in [1.807, 2.05) is 0 Å². The Hall–Kier alpha value is -4.42. The molecule has 0 unspecified atom stereocenters. The normalized spacial score (nSPS) is 16.3. The highest BCUT2D eigenvalue weighted by atomic mass is 14.4. The summed E-state index contributed by atoms with van der Waals surface area (Å²) >= 11 is 0. The third-order valence-corrected chi connectivity index (χ3v) is 10.8. The summed E-state index contributed by atoms with van der Waals surface area (Å²) in [6.45, 7) is 9.54. The van der Waals surface area contributed by atoms with Gasteiger partial charge in [-0.15, -0.1) is 0 Å². The lowest BCUT2D eigenvalue weighted by molar-refractivity contribution is 0.659. The van der Waals surface area contributed by atoms with Crippen molar-refractivity contribution >= 4 is 10.8 Å². The van der Waals surface area contributed by atoms with E-state index < -0.39 is 0 Å². The molecule has 6 aromatic rings. The predicted octanol–water partition coefficient (Wildman–Crippen LogP) is 10.9. The molecule has 9 rings (SSSR count). The number of fused-ring (bicyclic) bond motifs is 6. The fourth-order valence-corrected chi connectivity index (χ4v) is 8.47. The number of aryl methyl sites for hydroxylation is 2. The lowest BCUT2D eigenvalue weighted by atomic mass is 9.80. The monoisotopic (exact) mass is 538 g/mol. The van der Waals surface area contributed by atoms with Crippen molar-refractivity contribution in [3.63, 3.8) is 0 Å². The molecule has 0 amide bonds. The Morgan fingerprint density at radius 3 is 1.57 bits per heavy atom. The molecular formula is C42H34. The van der Waals surface area contributed by atoms with Gasteiger partial charge in [0.15, 0.2) is 0 Å². The van der Waals surface area contributed by atoms with Gasteiger partial charge in [-0.2, -0.15) is 0 Å². The van der Waals surface area contributed by atoms with Crippen LogP contribution in [-0.2, 0) is 23.7 Å². The minimum atomic E-state index is -0.0716. The van der Waals surface area contributed by atoms with Crippen molar-refractivity contribution in [1.29, 1.82) is 0 Å². The third kappa shape index (κ3) is 3.08. The van der Waals surface area contributed by atoms with Crippen LogP contribution in [0.1, 0.15) is 61.1 Å². The lowest BCUT2D eigenvalue weighted by Crippen LogP contribution is -2.15. The van der Waals surface area contributed by atoms with E-state index >= 15 is 0 Å². The highest BCUT2D eigenvalue weighted by molar-refractivity contribution is 6.02. The number of hydrogen-bond acceptors (Lipinski definition) is 0. The Morgan fingerprint density at radius 2 is 0.905 bits per heavy atom. The van der Waals surface area contributed by atoms with Crippen molar-refractivity contribution in [1.82, 2.24) is 0 Å². The van der Waals surface area contributed by atoms with E-state index in [0.717, 1.165) is 0 Å². The average molecular weight is 539 g/mol. The second kappa shape index (κ2) is 8.11. The van der Waals surface area contributed by atoms with Gasteiger partial charge in [0.1, 0.15) is 0 Å². The first-order valence-electron chi connectivity index (χ1n) is 15.4. The molecule has 0 nitrogen and oxygen atoms in total.